The second-order valence-corrected chi connectivity index (χ2v) is 17.0. The molecular formula is C18H40Hf. The van der Waals surface area contributed by atoms with Crippen molar-refractivity contribution in [3.8, 4) is 0 Å². The average Bonchev–Trinajstić information content (AvgIpc) is 2.43. The first-order valence-electron chi connectivity index (χ1n) is 9.18. The Balaban J connectivity index is 0. The van der Waals surface area contributed by atoms with Crippen molar-refractivity contribution in [2.75, 3.05) is 0 Å². The maximum Gasteiger partial charge on any atom is -1.00 e. The molecule has 0 atom stereocenters. The van der Waals surface area contributed by atoms with E-state index in [-0.39, 0.29) is 1.43 Å². The van der Waals surface area contributed by atoms with Gasteiger partial charge in [0.15, 0.2) is 0 Å². The average molecular weight is 435 g/mol. The molecule has 1 heteroatoms. The zero-order valence-electron chi connectivity index (χ0n) is 15.1. The number of hydrogen-bond acceptors (Lipinski definition) is 0. The van der Waals surface area contributed by atoms with Crippen LogP contribution in [0.5, 0.6) is 0 Å². The van der Waals surface area contributed by atoms with Gasteiger partial charge < -0.3 is 1.43 Å². The summed E-state index contributed by atoms with van der Waals surface area (Å²) >= 11 is -1.11. The molecule has 0 amide bonds. The van der Waals surface area contributed by atoms with Crippen LogP contribution in [0.1, 0.15) is 99.2 Å². The molecule has 0 fully saturated rings. The predicted molar refractivity (Wildman–Crippen MR) is 88.0 cm³/mol. The van der Waals surface area contributed by atoms with E-state index in [4.69, 9.17) is 0 Å². The molecule has 0 radical (unpaired) electrons. The standard InChI is InChI=1S/3C6H13.Hf.H/c3*1-3-5-6-4-2;;/h3*1,3-6H2,2H3;;/q;;;+1;-1. The van der Waals surface area contributed by atoms with Crippen molar-refractivity contribution in [2.24, 2.45) is 0 Å². The quantitative estimate of drug-likeness (QED) is 0.183. The van der Waals surface area contributed by atoms with Gasteiger partial charge in [0.25, 0.3) is 0 Å². The van der Waals surface area contributed by atoms with Crippen LogP contribution in [0.25, 0.3) is 0 Å². The topological polar surface area (TPSA) is 0 Å². The summed E-state index contributed by atoms with van der Waals surface area (Å²) in [4.78, 5) is 0. The van der Waals surface area contributed by atoms with Crippen molar-refractivity contribution in [1.29, 1.82) is 0 Å². The summed E-state index contributed by atoms with van der Waals surface area (Å²) in [5, 5.41) is 0. The van der Waals surface area contributed by atoms with Crippen molar-refractivity contribution in [3.05, 3.63) is 0 Å². The smallest absolute Gasteiger partial charge is 1.00 e. The van der Waals surface area contributed by atoms with E-state index >= 15 is 0 Å². The maximum absolute atomic E-state index is 2.33. The molecule has 0 aliphatic carbocycles. The molecule has 0 rings (SSSR count). The Morgan fingerprint density at radius 3 is 1.05 bits per heavy atom. The van der Waals surface area contributed by atoms with Gasteiger partial charge in [-0.3, -0.25) is 0 Å². The van der Waals surface area contributed by atoms with Crippen LogP contribution in [-0.2, 0) is 21.4 Å². The third kappa shape index (κ3) is 15.1. The zero-order valence-corrected chi connectivity index (χ0v) is 17.7. The van der Waals surface area contributed by atoms with Crippen LogP contribution in [0.4, 0.5) is 0 Å². The molecule has 0 spiro atoms. The van der Waals surface area contributed by atoms with E-state index in [1.54, 1.807) is 31.8 Å². The number of hydrogen-bond donors (Lipinski definition) is 0. The van der Waals surface area contributed by atoms with Crippen LogP contribution < -0.4 is 0 Å². The van der Waals surface area contributed by atoms with E-state index in [9.17, 15) is 0 Å². The van der Waals surface area contributed by atoms with Gasteiger partial charge in [-0.2, -0.15) is 0 Å². The number of rotatable bonds is 15. The molecule has 0 unspecified atom stereocenters. The molecule has 0 heterocycles. The van der Waals surface area contributed by atoms with Gasteiger partial charge in [-0.15, -0.1) is 0 Å². The molecule has 0 aromatic carbocycles. The zero-order chi connectivity index (χ0) is 14.2. The van der Waals surface area contributed by atoms with Crippen LogP contribution in [0.3, 0.4) is 0 Å². The van der Waals surface area contributed by atoms with Gasteiger partial charge in [-0.25, -0.2) is 0 Å². The van der Waals surface area contributed by atoms with E-state index in [0.717, 1.165) is 0 Å². The van der Waals surface area contributed by atoms with Crippen molar-refractivity contribution >= 4 is 0 Å². The first-order valence-corrected chi connectivity index (χ1v) is 16.8. The number of unbranched alkanes of at least 4 members (excludes halogenated alkanes) is 9. The van der Waals surface area contributed by atoms with Gasteiger partial charge in [-0.1, -0.05) is 0 Å². The van der Waals surface area contributed by atoms with Crippen molar-refractivity contribution in [2.45, 2.75) is 110 Å². The SMILES string of the molecule is CCCCC[CH2][Hf+]([CH2]CCCCC)[CH2]CCCCC.[H-]. The molecule has 0 N–H and O–H groups in total. The first kappa shape index (κ1) is 19.9. The van der Waals surface area contributed by atoms with E-state index in [0.29, 0.717) is 0 Å². The fourth-order valence-electron chi connectivity index (χ4n) is 2.78. The molecule has 0 aromatic heterocycles. The summed E-state index contributed by atoms with van der Waals surface area (Å²) in [6, 6.07) is 0. The summed E-state index contributed by atoms with van der Waals surface area (Å²) in [6.07, 6.45) is 17.9. The second kappa shape index (κ2) is 16.9. The summed E-state index contributed by atoms with van der Waals surface area (Å²) in [5.74, 6) is 0. The minimum atomic E-state index is -1.11. The van der Waals surface area contributed by atoms with E-state index in [1.165, 1.54) is 57.8 Å². The molecule has 0 saturated heterocycles. The summed E-state index contributed by atoms with van der Waals surface area (Å²) in [5.41, 5.74) is 0. The Kier molecular flexibility index (Phi) is 17.7. The third-order valence-corrected chi connectivity index (χ3v) is 15.6. The van der Waals surface area contributed by atoms with E-state index < -0.39 is 21.4 Å². The molecule has 0 nitrogen and oxygen atoms in total. The van der Waals surface area contributed by atoms with Gasteiger partial charge in [0.05, 0.1) is 0 Å². The van der Waals surface area contributed by atoms with Crippen LogP contribution in [0, 0.1) is 0 Å². The first-order chi connectivity index (χ1) is 9.35. The van der Waals surface area contributed by atoms with Crippen LogP contribution in [-0.4, -0.2) is 0 Å². The molecule has 0 aliphatic rings. The fourth-order valence-corrected chi connectivity index (χ4v) is 13.6. The predicted octanol–water partition coefficient (Wildman–Crippen LogP) is 7.71. The monoisotopic (exact) mass is 436 g/mol. The molecule has 0 bridgehead atoms. The maximum atomic E-state index is 2.33. The van der Waals surface area contributed by atoms with E-state index in [1.807, 2.05) is 0 Å². The van der Waals surface area contributed by atoms with Gasteiger partial charge in [-0.05, 0) is 0 Å². The molecule has 0 aromatic rings. The molecule has 19 heavy (non-hydrogen) atoms. The minimum Gasteiger partial charge on any atom is -1.00 e. The Morgan fingerprint density at radius 2 is 0.789 bits per heavy atom. The molecule has 116 valence electrons. The van der Waals surface area contributed by atoms with Crippen molar-refractivity contribution < 1.29 is 22.9 Å². The Morgan fingerprint density at radius 1 is 0.474 bits per heavy atom. The Hall–Kier alpha value is 0.870. The normalized spacial score (nSPS) is 10.9. The van der Waals surface area contributed by atoms with E-state index in [2.05, 4.69) is 20.8 Å². The van der Waals surface area contributed by atoms with Gasteiger partial charge in [0, 0.05) is 0 Å². The second-order valence-electron chi connectivity index (χ2n) is 6.18. The van der Waals surface area contributed by atoms with Crippen LogP contribution in [0.2, 0.25) is 12.5 Å². The Bertz CT molecular complexity index is 133. The largest absolute Gasteiger partial charge is 1.00 e. The van der Waals surface area contributed by atoms with Crippen molar-refractivity contribution in [3.63, 3.8) is 0 Å². The summed E-state index contributed by atoms with van der Waals surface area (Å²) < 4.78 is 5.18. The third-order valence-electron chi connectivity index (χ3n) is 4.15. The van der Waals surface area contributed by atoms with Gasteiger partial charge in [0.1, 0.15) is 0 Å². The van der Waals surface area contributed by atoms with Gasteiger partial charge in [0.2, 0.25) is 0 Å². The Labute approximate surface area is 133 Å². The summed E-state index contributed by atoms with van der Waals surface area (Å²) in [7, 11) is 0. The van der Waals surface area contributed by atoms with Crippen molar-refractivity contribution in [1.82, 2.24) is 0 Å². The van der Waals surface area contributed by atoms with Gasteiger partial charge >= 0.3 is 132 Å². The minimum absolute atomic E-state index is 0. The fraction of sp³-hybridized carbons (Fsp3) is 1.00. The molecular weight excluding hydrogens is 395 g/mol. The van der Waals surface area contributed by atoms with Crippen LogP contribution in [0.15, 0.2) is 0 Å². The summed E-state index contributed by atoms with van der Waals surface area (Å²) in [6.45, 7) is 6.99. The molecule has 0 saturated carbocycles. The molecule has 0 aliphatic heterocycles. The van der Waals surface area contributed by atoms with Crippen LogP contribution >= 0.6 is 0 Å².